The van der Waals surface area contributed by atoms with Crippen molar-refractivity contribution in [2.24, 2.45) is 22.1 Å². The first kappa shape index (κ1) is 20.9. The Morgan fingerprint density at radius 3 is 2.90 bits per heavy atom. The number of rotatable bonds is 5. The minimum absolute atomic E-state index is 0.0196. The predicted octanol–water partition coefficient (Wildman–Crippen LogP) is 1.36. The molecule has 1 aromatic heterocycles. The van der Waals surface area contributed by atoms with Crippen LogP contribution < -0.4 is 16.0 Å². The predicted molar refractivity (Wildman–Crippen MR) is 117 cm³/mol. The Labute approximate surface area is 178 Å². The molecule has 8 heteroatoms. The average Bonchev–Trinajstić information content (AvgIpc) is 3.41. The van der Waals surface area contributed by atoms with Crippen LogP contribution in [-0.2, 0) is 16.1 Å². The maximum Gasteiger partial charge on any atom is 0.220 e. The highest BCUT2D eigenvalue weighted by Crippen LogP contribution is 2.38. The van der Waals surface area contributed by atoms with E-state index in [-0.39, 0.29) is 11.8 Å². The Bertz CT molecular complexity index is 769. The molecule has 164 valence electrons. The first-order chi connectivity index (χ1) is 14.6. The lowest BCUT2D eigenvalue weighted by Crippen LogP contribution is -2.41. The molecule has 3 fully saturated rings. The van der Waals surface area contributed by atoms with Crippen molar-refractivity contribution in [2.75, 3.05) is 50.8 Å². The van der Waals surface area contributed by atoms with Gasteiger partial charge in [-0.25, -0.2) is 9.98 Å². The van der Waals surface area contributed by atoms with Gasteiger partial charge in [-0.3, -0.25) is 4.79 Å². The summed E-state index contributed by atoms with van der Waals surface area (Å²) in [6.07, 6.45) is 5.73. The molecule has 1 spiro atoms. The summed E-state index contributed by atoms with van der Waals surface area (Å²) >= 11 is 0. The maximum atomic E-state index is 11.5. The monoisotopic (exact) mass is 414 g/mol. The fraction of sp³-hybridized carbons (Fsp3) is 0.682. The SMILES string of the molecule is CCNC(=NCc1cccnc1N1CCC(C(N)=O)CC1)N1CCC2(CCOC2)C1. The van der Waals surface area contributed by atoms with E-state index >= 15 is 0 Å². The fourth-order valence-corrected chi connectivity index (χ4v) is 4.89. The van der Waals surface area contributed by atoms with Gasteiger partial charge in [-0.2, -0.15) is 0 Å². The molecular formula is C22H34N6O2. The van der Waals surface area contributed by atoms with Gasteiger partial charge in [-0.15, -0.1) is 0 Å². The Balaban J connectivity index is 1.45. The standard InChI is InChI=1S/C22H34N6O2/c1-2-24-21(28-12-7-22(15-28)8-13-30-16-22)26-14-18-4-3-9-25-20(18)27-10-5-17(6-11-27)19(23)29/h3-4,9,17H,2,5-8,10-16H2,1H3,(H2,23,29)(H,24,26). The first-order valence-electron chi connectivity index (χ1n) is 11.2. The highest BCUT2D eigenvalue weighted by atomic mass is 16.5. The highest BCUT2D eigenvalue weighted by Gasteiger charge is 2.42. The number of primary amides is 1. The number of nitrogens with zero attached hydrogens (tertiary/aromatic N) is 4. The van der Waals surface area contributed by atoms with Crippen LogP contribution in [0.5, 0.6) is 0 Å². The van der Waals surface area contributed by atoms with Crippen molar-refractivity contribution in [2.45, 2.75) is 39.2 Å². The van der Waals surface area contributed by atoms with Crippen LogP contribution in [-0.4, -0.2) is 67.7 Å². The molecule has 1 amide bonds. The average molecular weight is 415 g/mol. The number of anilines is 1. The van der Waals surface area contributed by atoms with E-state index in [4.69, 9.17) is 15.5 Å². The first-order valence-corrected chi connectivity index (χ1v) is 11.2. The van der Waals surface area contributed by atoms with E-state index in [2.05, 4.69) is 33.1 Å². The van der Waals surface area contributed by atoms with Gasteiger partial charge in [0.25, 0.3) is 0 Å². The molecule has 3 saturated heterocycles. The number of aliphatic imine (C=N–C) groups is 1. The normalized spacial score (nSPS) is 25.3. The van der Waals surface area contributed by atoms with E-state index in [9.17, 15) is 4.79 Å². The lowest BCUT2D eigenvalue weighted by molar-refractivity contribution is -0.122. The Morgan fingerprint density at radius 2 is 2.20 bits per heavy atom. The summed E-state index contributed by atoms with van der Waals surface area (Å²) in [7, 11) is 0. The number of hydrogen-bond donors (Lipinski definition) is 2. The van der Waals surface area contributed by atoms with E-state index in [0.29, 0.717) is 12.0 Å². The summed E-state index contributed by atoms with van der Waals surface area (Å²) in [4.78, 5) is 25.7. The van der Waals surface area contributed by atoms with E-state index < -0.39 is 0 Å². The van der Waals surface area contributed by atoms with Crippen LogP contribution in [0, 0.1) is 11.3 Å². The quantitative estimate of drug-likeness (QED) is 0.558. The van der Waals surface area contributed by atoms with Crippen molar-refractivity contribution in [1.82, 2.24) is 15.2 Å². The van der Waals surface area contributed by atoms with Crippen LogP contribution in [0.4, 0.5) is 5.82 Å². The van der Waals surface area contributed by atoms with Gasteiger partial charge in [-0.1, -0.05) is 6.07 Å². The van der Waals surface area contributed by atoms with Crippen molar-refractivity contribution in [3.8, 4) is 0 Å². The minimum atomic E-state index is -0.188. The third-order valence-electron chi connectivity index (χ3n) is 6.72. The summed E-state index contributed by atoms with van der Waals surface area (Å²) in [5.74, 6) is 1.74. The largest absolute Gasteiger partial charge is 0.381 e. The fourth-order valence-electron chi connectivity index (χ4n) is 4.89. The molecule has 3 aliphatic heterocycles. The molecule has 1 unspecified atom stereocenters. The molecule has 0 saturated carbocycles. The van der Waals surface area contributed by atoms with Gasteiger partial charge >= 0.3 is 0 Å². The molecule has 1 aromatic rings. The summed E-state index contributed by atoms with van der Waals surface area (Å²) in [5.41, 5.74) is 6.90. The van der Waals surface area contributed by atoms with Crippen LogP contribution in [0.15, 0.2) is 23.3 Å². The Kier molecular flexibility index (Phi) is 6.41. The van der Waals surface area contributed by atoms with Gasteiger partial charge in [0.1, 0.15) is 5.82 Å². The molecule has 4 rings (SSSR count). The number of amides is 1. The number of hydrogen-bond acceptors (Lipinski definition) is 5. The number of nitrogens with one attached hydrogen (secondary N) is 1. The van der Waals surface area contributed by atoms with Crippen LogP contribution in [0.3, 0.4) is 0 Å². The van der Waals surface area contributed by atoms with Crippen molar-refractivity contribution < 1.29 is 9.53 Å². The molecule has 3 aliphatic rings. The maximum absolute atomic E-state index is 11.5. The number of pyridine rings is 1. The van der Waals surface area contributed by atoms with Crippen LogP contribution in [0.1, 0.15) is 38.2 Å². The highest BCUT2D eigenvalue weighted by molar-refractivity contribution is 5.80. The zero-order chi connectivity index (χ0) is 21.0. The lowest BCUT2D eigenvalue weighted by Gasteiger charge is -2.32. The van der Waals surface area contributed by atoms with Gasteiger partial charge < -0.3 is 25.6 Å². The molecule has 30 heavy (non-hydrogen) atoms. The number of nitrogens with two attached hydrogens (primary N) is 1. The number of aromatic nitrogens is 1. The summed E-state index contributed by atoms with van der Waals surface area (Å²) in [6, 6.07) is 4.07. The molecule has 0 aromatic carbocycles. The minimum Gasteiger partial charge on any atom is -0.381 e. The summed E-state index contributed by atoms with van der Waals surface area (Å²) in [6.45, 7) is 8.93. The van der Waals surface area contributed by atoms with Crippen molar-refractivity contribution >= 4 is 17.7 Å². The molecular weight excluding hydrogens is 380 g/mol. The number of ether oxygens (including phenoxy) is 1. The molecule has 1 atom stereocenters. The van der Waals surface area contributed by atoms with Gasteiger partial charge in [0.2, 0.25) is 5.91 Å². The zero-order valence-corrected chi connectivity index (χ0v) is 18.0. The van der Waals surface area contributed by atoms with E-state index in [1.807, 2.05) is 12.3 Å². The number of carbonyl (C=O) groups excluding carboxylic acids is 1. The Hall–Kier alpha value is -2.35. The molecule has 8 nitrogen and oxygen atoms in total. The number of piperidine rings is 1. The number of carbonyl (C=O) groups is 1. The van der Waals surface area contributed by atoms with E-state index in [1.54, 1.807) is 0 Å². The van der Waals surface area contributed by atoms with Gasteiger partial charge in [-0.05, 0) is 38.7 Å². The van der Waals surface area contributed by atoms with Crippen molar-refractivity contribution in [3.63, 3.8) is 0 Å². The third kappa shape index (κ3) is 4.53. The third-order valence-corrected chi connectivity index (χ3v) is 6.72. The smallest absolute Gasteiger partial charge is 0.220 e. The second kappa shape index (κ2) is 9.20. The van der Waals surface area contributed by atoms with E-state index in [0.717, 1.165) is 82.5 Å². The number of guanidine groups is 1. The van der Waals surface area contributed by atoms with Gasteiger partial charge in [0.15, 0.2) is 5.96 Å². The molecule has 3 N–H and O–H groups in total. The number of likely N-dealkylation sites (tertiary alicyclic amines) is 1. The van der Waals surface area contributed by atoms with Crippen molar-refractivity contribution in [3.05, 3.63) is 23.9 Å². The molecule has 0 aliphatic carbocycles. The topological polar surface area (TPSA) is 96.1 Å². The molecule has 0 bridgehead atoms. The van der Waals surface area contributed by atoms with E-state index in [1.165, 1.54) is 6.42 Å². The van der Waals surface area contributed by atoms with Crippen LogP contribution >= 0.6 is 0 Å². The van der Waals surface area contributed by atoms with Gasteiger partial charge in [0, 0.05) is 62.4 Å². The van der Waals surface area contributed by atoms with Crippen LogP contribution in [0.25, 0.3) is 0 Å². The van der Waals surface area contributed by atoms with Gasteiger partial charge in [0.05, 0.1) is 13.2 Å². The molecule has 4 heterocycles. The second-order valence-corrected chi connectivity index (χ2v) is 8.79. The van der Waals surface area contributed by atoms with Crippen LogP contribution in [0.2, 0.25) is 0 Å². The molecule has 0 radical (unpaired) electrons. The zero-order valence-electron chi connectivity index (χ0n) is 18.0. The summed E-state index contributed by atoms with van der Waals surface area (Å²) in [5, 5.41) is 3.47. The lowest BCUT2D eigenvalue weighted by atomic mass is 9.87. The Morgan fingerprint density at radius 1 is 1.37 bits per heavy atom. The van der Waals surface area contributed by atoms with Crippen molar-refractivity contribution in [1.29, 1.82) is 0 Å². The second-order valence-electron chi connectivity index (χ2n) is 8.79. The summed E-state index contributed by atoms with van der Waals surface area (Å²) < 4.78 is 5.68.